The molecule has 72 valence electrons. The van der Waals surface area contributed by atoms with E-state index >= 15 is 0 Å². The number of carbonyl (C=O) groups is 1. The maximum atomic E-state index is 11.1. The second-order valence-corrected chi connectivity index (χ2v) is 4.03. The van der Waals surface area contributed by atoms with E-state index in [0.717, 1.165) is 11.0 Å². The molecule has 0 spiro atoms. The van der Waals surface area contributed by atoms with Crippen molar-refractivity contribution in [3.05, 3.63) is 30.1 Å². The normalized spacial score (nSPS) is 11.6. The van der Waals surface area contributed by atoms with Crippen LogP contribution in [-0.2, 0) is 0 Å². The number of rotatable bonds is 2. The van der Waals surface area contributed by atoms with Crippen LogP contribution in [0.4, 0.5) is 0 Å². The summed E-state index contributed by atoms with van der Waals surface area (Å²) >= 11 is 0. The number of nitrogens with zero attached hydrogens (tertiary/aromatic N) is 2. The van der Waals surface area contributed by atoms with Crippen molar-refractivity contribution in [3.63, 3.8) is 0 Å². The summed E-state index contributed by atoms with van der Waals surface area (Å²) in [5.74, 6) is 0.0612. The molecule has 14 heavy (non-hydrogen) atoms. The monoisotopic (exact) mass is 206 g/mol. The smallest absolute Gasteiger partial charge is 0.161 e. The van der Waals surface area contributed by atoms with E-state index in [9.17, 15) is 4.79 Å². The first-order valence-corrected chi connectivity index (χ1v) is 5.83. The molecule has 0 saturated heterocycles. The summed E-state index contributed by atoms with van der Waals surface area (Å²) in [4.78, 5) is 15.4. The van der Waals surface area contributed by atoms with Gasteiger partial charge in [0.2, 0.25) is 0 Å². The maximum Gasteiger partial charge on any atom is 0.161 e. The van der Waals surface area contributed by atoms with Crippen molar-refractivity contribution >= 4 is 25.5 Å². The van der Waals surface area contributed by atoms with Gasteiger partial charge in [0.15, 0.2) is 5.78 Å². The summed E-state index contributed by atoms with van der Waals surface area (Å²) < 4.78 is 2.08. The second-order valence-electron chi connectivity index (χ2n) is 3.10. The van der Waals surface area contributed by atoms with Gasteiger partial charge in [-0.25, -0.2) is 4.98 Å². The fourth-order valence-electron chi connectivity index (χ4n) is 1.40. The Morgan fingerprint density at radius 2 is 2.36 bits per heavy atom. The summed E-state index contributed by atoms with van der Waals surface area (Å²) in [6.07, 6.45) is 3.64. The van der Waals surface area contributed by atoms with Gasteiger partial charge in [0.25, 0.3) is 0 Å². The summed E-state index contributed by atoms with van der Waals surface area (Å²) in [5.41, 5.74) is 1.63. The van der Waals surface area contributed by atoms with Crippen LogP contribution in [0.25, 0.3) is 11.0 Å². The molecule has 0 bridgehead atoms. The van der Waals surface area contributed by atoms with E-state index in [2.05, 4.69) is 16.0 Å². The molecular weight excluding hydrogens is 195 g/mol. The van der Waals surface area contributed by atoms with Crippen molar-refractivity contribution in [1.29, 1.82) is 0 Å². The predicted octanol–water partition coefficient (Wildman–Crippen LogP) is 2.31. The average molecular weight is 206 g/mol. The molecule has 2 heterocycles. The third-order valence-electron chi connectivity index (χ3n) is 2.17. The molecule has 0 aromatic carbocycles. The maximum absolute atomic E-state index is 11.1. The van der Waals surface area contributed by atoms with Gasteiger partial charge in [-0.3, -0.25) is 4.79 Å². The highest BCUT2D eigenvalue weighted by Gasteiger charge is 2.04. The molecule has 0 aliphatic carbocycles. The predicted molar refractivity (Wildman–Crippen MR) is 59.4 cm³/mol. The van der Waals surface area contributed by atoms with Crippen molar-refractivity contribution in [2.24, 2.45) is 0 Å². The average Bonchev–Trinajstić information content (AvgIpc) is 2.59. The van der Waals surface area contributed by atoms with Crippen LogP contribution in [0.2, 0.25) is 0 Å². The number of Topliss-reactive ketones (excluding diaryl/α,β-unsaturated/α-hetero) is 1. The van der Waals surface area contributed by atoms with Crippen molar-refractivity contribution in [3.8, 4) is 0 Å². The third kappa shape index (κ3) is 1.44. The van der Waals surface area contributed by atoms with Crippen molar-refractivity contribution in [1.82, 2.24) is 9.32 Å². The Morgan fingerprint density at radius 3 is 3.00 bits per heavy atom. The molecule has 1 atom stereocenters. The van der Waals surface area contributed by atoms with E-state index in [1.807, 2.05) is 18.3 Å². The fraction of sp³-hybridized carbons (Fsp3) is 0.200. The Morgan fingerprint density at radius 1 is 1.57 bits per heavy atom. The molecule has 3 nitrogen and oxygen atoms in total. The fourth-order valence-corrected chi connectivity index (χ4v) is 2.02. The molecule has 0 fully saturated rings. The van der Waals surface area contributed by atoms with Crippen LogP contribution in [0.1, 0.15) is 17.3 Å². The minimum absolute atomic E-state index is 0.0612. The van der Waals surface area contributed by atoms with Gasteiger partial charge in [0, 0.05) is 23.3 Å². The van der Waals surface area contributed by atoms with Crippen LogP contribution in [0, 0.1) is 0 Å². The third-order valence-corrected chi connectivity index (χ3v) is 3.02. The van der Waals surface area contributed by atoms with E-state index in [1.165, 1.54) is 0 Å². The number of fused-ring (bicyclic) bond motifs is 1. The van der Waals surface area contributed by atoms with Crippen LogP contribution in [-0.4, -0.2) is 21.8 Å². The van der Waals surface area contributed by atoms with Crippen LogP contribution in [0.3, 0.4) is 0 Å². The zero-order chi connectivity index (χ0) is 10.1. The molecule has 0 saturated carbocycles. The first-order chi connectivity index (χ1) is 6.72. The molecule has 1 unspecified atom stereocenters. The Bertz CT molecular complexity index is 490. The first kappa shape index (κ1) is 9.35. The molecule has 4 heteroatoms. The van der Waals surface area contributed by atoms with Crippen LogP contribution >= 0.6 is 8.73 Å². The molecule has 2 aromatic heterocycles. The van der Waals surface area contributed by atoms with E-state index in [4.69, 9.17) is 0 Å². The van der Waals surface area contributed by atoms with Gasteiger partial charge < -0.3 is 4.34 Å². The van der Waals surface area contributed by atoms with Crippen molar-refractivity contribution in [2.45, 2.75) is 6.92 Å². The number of hydrogen-bond acceptors (Lipinski definition) is 2. The standard InChI is InChI=1S/C10H11N2OP/c1-7(13)9-5-8-3-4-12(14-2)10(8)11-6-9/h3-6,14H,1-2H3. The summed E-state index contributed by atoms with van der Waals surface area (Å²) in [7, 11) is 0.669. The topological polar surface area (TPSA) is 34.9 Å². The lowest BCUT2D eigenvalue weighted by Crippen LogP contribution is -1.93. The minimum Gasteiger partial charge on any atom is -0.314 e. The lowest BCUT2D eigenvalue weighted by molar-refractivity contribution is 0.101. The van der Waals surface area contributed by atoms with Crippen LogP contribution < -0.4 is 0 Å². The van der Waals surface area contributed by atoms with Gasteiger partial charge in [0.05, 0.1) is 0 Å². The SMILES string of the molecule is CPn1ccc2cc(C(C)=O)cnc21. The largest absolute Gasteiger partial charge is 0.314 e. The summed E-state index contributed by atoms with van der Waals surface area (Å²) in [5, 5.41) is 1.03. The Kier molecular flexibility index (Phi) is 2.34. The van der Waals surface area contributed by atoms with Crippen LogP contribution in [0.5, 0.6) is 0 Å². The van der Waals surface area contributed by atoms with Gasteiger partial charge >= 0.3 is 0 Å². The zero-order valence-corrected chi connectivity index (χ0v) is 9.11. The minimum atomic E-state index is 0.0612. The Labute approximate surface area is 84.0 Å². The highest BCUT2D eigenvalue weighted by atomic mass is 31.1. The number of carbonyl (C=O) groups excluding carboxylic acids is 1. The second kappa shape index (κ2) is 3.50. The lowest BCUT2D eigenvalue weighted by Gasteiger charge is -1.99. The van der Waals surface area contributed by atoms with E-state index in [-0.39, 0.29) is 5.78 Å². The Hall–Kier alpha value is -1.21. The molecule has 0 amide bonds. The Balaban J connectivity index is 2.63. The van der Waals surface area contributed by atoms with Gasteiger partial charge in [-0.1, -0.05) is 0 Å². The van der Waals surface area contributed by atoms with Gasteiger partial charge in [-0.15, -0.1) is 0 Å². The van der Waals surface area contributed by atoms with Gasteiger partial charge in [0.1, 0.15) is 5.65 Å². The van der Waals surface area contributed by atoms with Crippen molar-refractivity contribution in [2.75, 3.05) is 6.66 Å². The number of pyridine rings is 1. The molecule has 2 rings (SSSR count). The van der Waals surface area contributed by atoms with Gasteiger partial charge in [-0.05, 0) is 34.5 Å². The number of ketones is 1. The lowest BCUT2D eigenvalue weighted by atomic mass is 10.2. The van der Waals surface area contributed by atoms with Gasteiger partial charge in [-0.2, -0.15) is 0 Å². The highest BCUT2D eigenvalue weighted by Crippen LogP contribution is 2.21. The van der Waals surface area contributed by atoms with Crippen molar-refractivity contribution < 1.29 is 4.79 Å². The molecule has 0 radical (unpaired) electrons. The molecule has 0 aliphatic heterocycles. The number of aromatic nitrogens is 2. The summed E-state index contributed by atoms with van der Waals surface area (Å²) in [6.45, 7) is 3.65. The quantitative estimate of drug-likeness (QED) is 0.558. The molecule has 2 aromatic rings. The number of hydrogen-bond donors (Lipinski definition) is 0. The molecular formula is C10H11N2OP. The van der Waals surface area contributed by atoms with E-state index in [1.54, 1.807) is 13.1 Å². The first-order valence-electron chi connectivity index (χ1n) is 4.38. The van der Waals surface area contributed by atoms with E-state index in [0.29, 0.717) is 14.3 Å². The summed E-state index contributed by atoms with van der Waals surface area (Å²) in [6, 6.07) is 3.88. The zero-order valence-electron chi connectivity index (χ0n) is 8.11. The molecule has 0 aliphatic rings. The van der Waals surface area contributed by atoms with Crippen LogP contribution in [0.15, 0.2) is 24.5 Å². The highest BCUT2D eigenvalue weighted by molar-refractivity contribution is 7.35. The molecule has 0 N–H and O–H groups in total. The van der Waals surface area contributed by atoms with E-state index < -0.39 is 0 Å².